The normalized spacial score (nSPS) is 14.6. The summed E-state index contributed by atoms with van der Waals surface area (Å²) in [7, 11) is -7.47. The third-order valence-corrected chi connectivity index (χ3v) is 9.50. The van der Waals surface area contributed by atoms with Gasteiger partial charge in [0.1, 0.15) is 0 Å². The number of halogens is 1. The Morgan fingerprint density at radius 1 is 0.829 bits per heavy atom. The van der Waals surface area contributed by atoms with Crippen molar-refractivity contribution >= 4 is 53.3 Å². The number of nitrogens with one attached hydrogen (secondary N) is 2. The number of amides is 1. The number of aryl methyl sites for hydroxylation is 1. The Hall–Kier alpha value is -2.73. The summed E-state index contributed by atoms with van der Waals surface area (Å²) in [6, 6.07) is 17.0. The first-order valence-electron chi connectivity index (χ1n) is 10.9. The zero-order chi connectivity index (χ0) is 25.2. The van der Waals surface area contributed by atoms with Gasteiger partial charge >= 0.3 is 0 Å². The van der Waals surface area contributed by atoms with Gasteiger partial charge in [-0.2, -0.15) is 4.31 Å². The number of sulfonamides is 2. The molecule has 1 amide bonds. The lowest BCUT2D eigenvalue weighted by atomic mass is 10.1. The third-order valence-electron chi connectivity index (χ3n) is 5.68. The summed E-state index contributed by atoms with van der Waals surface area (Å²) >= 11 is 3.30. The molecule has 0 aliphatic carbocycles. The fourth-order valence-corrected chi connectivity index (χ4v) is 6.60. The molecular weight excluding hydrogens is 554 g/mol. The molecule has 3 aromatic rings. The Morgan fingerprint density at radius 3 is 2.03 bits per heavy atom. The number of hydrogen-bond acceptors (Lipinski definition) is 5. The van der Waals surface area contributed by atoms with Gasteiger partial charge in [0, 0.05) is 34.5 Å². The Balaban J connectivity index is 1.50. The fourth-order valence-electron chi connectivity index (χ4n) is 3.73. The standard InChI is InChI=1S/C24H24BrN3O5S2/c1-17-4-11-22(35(32,33)28-14-2-3-15-28)16-23(17)24(29)26-19-9-12-21(13-10-19)34(30,31)27-20-7-5-18(25)6-8-20/h4-13,16,27H,2-3,14-15H2,1H3,(H,26,29). The smallest absolute Gasteiger partial charge is 0.261 e. The lowest BCUT2D eigenvalue weighted by Crippen LogP contribution is -2.28. The Morgan fingerprint density at radius 2 is 1.40 bits per heavy atom. The van der Waals surface area contributed by atoms with E-state index in [0.29, 0.717) is 30.0 Å². The van der Waals surface area contributed by atoms with Crippen LogP contribution in [0.15, 0.2) is 81.0 Å². The van der Waals surface area contributed by atoms with Crippen LogP contribution in [0, 0.1) is 6.92 Å². The number of anilines is 2. The minimum Gasteiger partial charge on any atom is -0.322 e. The predicted molar refractivity (Wildman–Crippen MR) is 139 cm³/mol. The molecule has 4 rings (SSSR count). The van der Waals surface area contributed by atoms with Gasteiger partial charge in [0.2, 0.25) is 10.0 Å². The van der Waals surface area contributed by atoms with E-state index in [2.05, 4.69) is 26.0 Å². The molecule has 0 atom stereocenters. The zero-order valence-corrected chi connectivity index (χ0v) is 22.1. The van der Waals surface area contributed by atoms with Crippen LogP contribution < -0.4 is 10.0 Å². The quantitative estimate of drug-likeness (QED) is 0.426. The van der Waals surface area contributed by atoms with Crippen LogP contribution in [0.1, 0.15) is 28.8 Å². The molecule has 0 saturated carbocycles. The van der Waals surface area contributed by atoms with E-state index in [1.165, 1.54) is 40.7 Å². The maximum absolute atomic E-state index is 12.9. The van der Waals surface area contributed by atoms with Gasteiger partial charge in [-0.25, -0.2) is 16.8 Å². The first-order valence-corrected chi connectivity index (χ1v) is 14.6. The second-order valence-corrected chi connectivity index (χ2v) is 12.7. The van der Waals surface area contributed by atoms with Gasteiger partial charge in [-0.3, -0.25) is 9.52 Å². The van der Waals surface area contributed by atoms with Crippen LogP contribution in [0.5, 0.6) is 0 Å². The van der Waals surface area contributed by atoms with Crippen LogP contribution in [0.25, 0.3) is 0 Å². The number of carbonyl (C=O) groups is 1. The number of benzene rings is 3. The van der Waals surface area contributed by atoms with E-state index in [1.54, 1.807) is 37.3 Å². The number of carbonyl (C=O) groups excluding carboxylic acids is 1. The molecule has 3 aromatic carbocycles. The molecule has 1 heterocycles. The van der Waals surface area contributed by atoms with Gasteiger partial charge in [-0.05, 0) is 86.0 Å². The molecule has 1 fully saturated rings. The van der Waals surface area contributed by atoms with E-state index in [4.69, 9.17) is 0 Å². The molecule has 0 radical (unpaired) electrons. The van der Waals surface area contributed by atoms with Crippen LogP contribution in [0.4, 0.5) is 11.4 Å². The predicted octanol–water partition coefficient (Wildman–Crippen LogP) is 4.60. The number of nitrogens with zero attached hydrogens (tertiary/aromatic N) is 1. The molecule has 1 saturated heterocycles. The Kier molecular flexibility index (Phi) is 7.32. The summed E-state index contributed by atoms with van der Waals surface area (Å²) < 4.78 is 55.8. The van der Waals surface area contributed by atoms with Crippen LogP contribution in [0.2, 0.25) is 0 Å². The van der Waals surface area contributed by atoms with E-state index in [9.17, 15) is 21.6 Å². The summed E-state index contributed by atoms with van der Waals surface area (Å²) in [6.45, 7) is 2.68. The average molecular weight is 579 g/mol. The van der Waals surface area contributed by atoms with Gasteiger partial charge < -0.3 is 5.32 Å². The molecule has 8 nitrogen and oxygen atoms in total. The number of rotatable bonds is 7. The van der Waals surface area contributed by atoms with E-state index in [1.807, 2.05) is 0 Å². The highest BCUT2D eigenvalue weighted by molar-refractivity contribution is 9.10. The molecule has 184 valence electrons. The average Bonchev–Trinajstić information content (AvgIpc) is 3.37. The third kappa shape index (κ3) is 5.75. The zero-order valence-electron chi connectivity index (χ0n) is 18.9. The lowest BCUT2D eigenvalue weighted by molar-refractivity contribution is 0.102. The van der Waals surface area contributed by atoms with E-state index in [0.717, 1.165) is 17.3 Å². The largest absolute Gasteiger partial charge is 0.322 e. The molecular formula is C24H24BrN3O5S2. The SMILES string of the molecule is Cc1ccc(S(=O)(=O)N2CCCC2)cc1C(=O)Nc1ccc(S(=O)(=O)Nc2ccc(Br)cc2)cc1. The van der Waals surface area contributed by atoms with Crippen molar-refractivity contribution in [3.05, 3.63) is 82.3 Å². The topological polar surface area (TPSA) is 113 Å². The summed E-state index contributed by atoms with van der Waals surface area (Å²) in [5, 5.41) is 2.71. The maximum Gasteiger partial charge on any atom is 0.261 e. The highest BCUT2D eigenvalue weighted by Crippen LogP contribution is 2.24. The van der Waals surface area contributed by atoms with Crippen molar-refractivity contribution < 1.29 is 21.6 Å². The van der Waals surface area contributed by atoms with Crippen molar-refractivity contribution in [3.8, 4) is 0 Å². The minimum absolute atomic E-state index is 0.0355. The maximum atomic E-state index is 12.9. The highest BCUT2D eigenvalue weighted by atomic mass is 79.9. The molecule has 1 aliphatic rings. The first-order chi connectivity index (χ1) is 16.6. The van der Waals surface area contributed by atoms with E-state index < -0.39 is 26.0 Å². The van der Waals surface area contributed by atoms with Gasteiger partial charge in [-0.1, -0.05) is 22.0 Å². The van der Waals surface area contributed by atoms with Crippen LogP contribution in [-0.2, 0) is 20.0 Å². The monoisotopic (exact) mass is 577 g/mol. The highest BCUT2D eigenvalue weighted by Gasteiger charge is 2.28. The first kappa shape index (κ1) is 25.4. The van der Waals surface area contributed by atoms with Crippen molar-refractivity contribution in [2.45, 2.75) is 29.6 Å². The molecule has 2 N–H and O–H groups in total. The van der Waals surface area contributed by atoms with Crippen LogP contribution in [0.3, 0.4) is 0 Å². The van der Waals surface area contributed by atoms with Crippen molar-refractivity contribution in [1.82, 2.24) is 4.31 Å². The van der Waals surface area contributed by atoms with E-state index >= 15 is 0 Å². The summed E-state index contributed by atoms with van der Waals surface area (Å²) in [5.74, 6) is -0.482. The van der Waals surface area contributed by atoms with Gasteiger partial charge in [0.15, 0.2) is 0 Å². The van der Waals surface area contributed by atoms with Crippen molar-refractivity contribution in [2.24, 2.45) is 0 Å². The molecule has 0 aromatic heterocycles. The molecule has 1 aliphatic heterocycles. The second-order valence-electron chi connectivity index (χ2n) is 8.18. The molecule has 0 unspecified atom stereocenters. The summed E-state index contributed by atoms with van der Waals surface area (Å²) in [6.07, 6.45) is 1.64. The molecule has 11 heteroatoms. The van der Waals surface area contributed by atoms with E-state index in [-0.39, 0.29) is 15.4 Å². The van der Waals surface area contributed by atoms with Crippen molar-refractivity contribution in [3.63, 3.8) is 0 Å². The van der Waals surface area contributed by atoms with Gasteiger partial charge in [0.25, 0.3) is 15.9 Å². The van der Waals surface area contributed by atoms with Crippen LogP contribution in [-0.4, -0.2) is 40.1 Å². The fraction of sp³-hybridized carbons (Fsp3) is 0.208. The molecule has 35 heavy (non-hydrogen) atoms. The molecule has 0 bridgehead atoms. The van der Waals surface area contributed by atoms with Gasteiger partial charge in [-0.15, -0.1) is 0 Å². The van der Waals surface area contributed by atoms with Gasteiger partial charge in [0.05, 0.1) is 9.79 Å². The number of hydrogen-bond donors (Lipinski definition) is 2. The minimum atomic E-state index is -3.81. The molecule has 0 spiro atoms. The summed E-state index contributed by atoms with van der Waals surface area (Å²) in [5.41, 5.74) is 1.66. The van der Waals surface area contributed by atoms with Crippen molar-refractivity contribution in [1.29, 1.82) is 0 Å². The lowest BCUT2D eigenvalue weighted by Gasteiger charge is -2.17. The Bertz CT molecular complexity index is 1450. The second kappa shape index (κ2) is 10.1. The van der Waals surface area contributed by atoms with Crippen molar-refractivity contribution in [2.75, 3.05) is 23.1 Å². The van der Waals surface area contributed by atoms with Crippen LogP contribution >= 0.6 is 15.9 Å². The Labute approximate surface area is 213 Å². The summed E-state index contributed by atoms with van der Waals surface area (Å²) in [4.78, 5) is 13.0.